The van der Waals surface area contributed by atoms with E-state index in [1.807, 2.05) is 65.3 Å². The van der Waals surface area contributed by atoms with Crippen LogP contribution in [0.25, 0.3) is 0 Å². The summed E-state index contributed by atoms with van der Waals surface area (Å²) >= 11 is 5.94. The Kier molecular flexibility index (Phi) is 9.87. The minimum Gasteiger partial charge on any atom is -0.392 e. The zero-order valence-electron chi connectivity index (χ0n) is 17.1. The summed E-state index contributed by atoms with van der Waals surface area (Å²) in [6.07, 6.45) is 0. The molecule has 1 heterocycles. The Morgan fingerprint density at radius 1 is 1.13 bits per heavy atom. The number of carbonyl (C=O) groups is 1. The maximum Gasteiger partial charge on any atom is 0.242 e. The summed E-state index contributed by atoms with van der Waals surface area (Å²) in [5.41, 5.74) is 2.92. The number of carbonyl (C=O) groups excluding carboxylic acids is 1. The van der Waals surface area contributed by atoms with Gasteiger partial charge in [0, 0.05) is 31.2 Å². The highest BCUT2D eigenvalue weighted by atomic mass is 127. The number of aliphatic imine (C=N–C) groups is 1. The van der Waals surface area contributed by atoms with Crippen molar-refractivity contribution in [2.75, 3.05) is 26.2 Å². The fourth-order valence-corrected chi connectivity index (χ4v) is 3.44. The first-order valence-corrected chi connectivity index (χ1v) is 10.2. The largest absolute Gasteiger partial charge is 0.392 e. The third kappa shape index (κ3) is 6.58. The van der Waals surface area contributed by atoms with Gasteiger partial charge in [0.05, 0.1) is 19.7 Å². The van der Waals surface area contributed by atoms with Crippen molar-refractivity contribution in [2.45, 2.75) is 26.6 Å². The van der Waals surface area contributed by atoms with Gasteiger partial charge in [-0.3, -0.25) is 4.79 Å². The third-order valence-corrected chi connectivity index (χ3v) is 5.18. The minimum atomic E-state index is -0.00983. The van der Waals surface area contributed by atoms with Crippen LogP contribution < -0.4 is 5.32 Å². The normalized spacial score (nSPS) is 14.5. The molecule has 1 fully saturated rings. The van der Waals surface area contributed by atoms with E-state index < -0.39 is 0 Å². The second-order valence-corrected chi connectivity index (χ2v) is 7.40. The number of aliphatic hydroxyl groups is 1. The summed E-state index contributed by atoms with van der Waals surface area (Å²) in [7, 11) is 0. The summed E-state index contributed by atoms with van der Waals surface area (Å²) < 4.78 is 0. The second-order valence-electron chi connectivity index (χ2n) is 6.96. The van der Waals surface area contributed by atoms with E-state index >= 15 is 0 Å². The van der Waals surface area contributed by atoms with Gasteiger partial charge in [0.15, 0.2) is 5.96 Å². The fourth-order valence-electron chi connectivity index (χ4n) is 3.32. The summed E-state index contributed by atoms with van der Waals surface area (Å²) in [5, 5.41) is 13.5. The van der Waals surface area contributed by atoms with E-state index in [-0.39, 0.29) is 36.5 Å². The molecule has 2 N–H and O–H groups in total. The molecule has 1 saturated heterocycles. The molecule has 162 valence electrons. The Morgan fingerprint density at radius 2 is 1.83 bits per heavy atom. The summed E-state index contributed by atoms with van der Waals surface area (Å²) in [4.78, 5) is 21.3. The first-order chi connectivity index (χ1) is 14.1. The predicted molar refractivity (Wildman–Crippen MR) is 131 cm³/mol. The van der Waals surface area contributed by atoms with Crippen molar-refractivity contribution in [1.29, 1.82) is 0 Å². The second kappa shape index (κ2) is 12.1. The highest BCUT2D eigenvalue weighted by Gasteiger charge is 2.26. The van der Waals surface area contributed by atoms with E-state index in [1.165, 1.54) is 0 Å². The van der Waals surface area contributed by atoms with Gasteiger partial charge in [-0.05, 0) is 35.7 Å². The predicted octanol–water partition coefficient (Wildman–Crippen LogP) is 3.26. The molecule has 6 nitrogen and oxygen atoms in total. The highest BCUT2D eigenvalue weighted by Crippen LogP contribution is 2.14. The Balaban J connectivity index is 0.00000320. The summed E-state index contributed by atoms with van der Waals surface area (Å²) in [5.74, 6) is 0.798. The Labute approximate surface area is 199 Å². The van der Waals surface area contributed by atoms with Gasteiger partial charge < -0.3 is 20.2 Å². The van der Waals surface area contributed by atoms with Crippen LogP contribution in [0.15, 0.2) is 53.5 Å². The molecule has 30 heavy (non-hydrogen) atoms. The van der Waals surface area contributed by atoms with Crippen molar-refractivity contribution >= 4 is 47.4 Å². The molecule has 0 saturated carbocycles. The van der Waals surface area contributed by atoms with Crippen LogP contribution in [0.4, 0.5) is 0 Å². The molecular formula is C22H28ClIN4O2. The molecule has 0 spiro atoms. The van der Waals surface area contributed by atoms with E-state index in [0.717, 1.165) is 29.2 Å². The van der Waals surface area contributed by atoms with Gasteiger partial charge in [0.2, 0.25) is 5.91 Å². The number of benzene rings is 2. The molecule has 8 heteroatoms. The van der Waals surface area contributed by atoms with Crippen LogP contribution >= 0.6 is 35.6 Å². The van der Waals surface area contributed by atoms with E-state index in [2.05, 4.69) is 5.32 Å². The molecule has 0 unspecified atom stereocenters. The van der Waals surface area contributed by atoms with Gasteiger partial charge >= 0.3 is 0 Å². The first kappa shape index (κ1) is 24.4. The molecule has 2 aromatic rings. The van der Waals surface area contributed by atoms with E-state index in [0.29, 0.717) is 37.7 Å². The molecule has 3 rings (SSSR count). The molecule has 0 radical (unpaired) electrons. The zero-order valence-corrected chi connectivity index (χ0v) is 20.1. The lowest BCUT2D eigenvalue weighted by Crippen LogP contribution is -2.54. The first-order valence-electron chi connectivity index (χ1n) is 9.83. The molecule has 0 aromatic heterocycles. The number of hydrogen-bond acceptors (Lipinski definition) is 3. The van der Waals surface area contributed by atoms with Crippen molar-refractivity contribution < 1.29 is 9.90 Å². The lowest BCUT2D eigenvalue weighted by atomic mass is 10.1. The number of piperazine rings is 1. The number of nitrogens with one attached hydrogen (secondary N) is 1. The van der Waals surface area contributed by atoms with Gasteiger partial charge in [0.1, 0.15) is 0 Å². The average molecular weight is 543 g/mol. The number of aliphatic hydroxyl groups excluding tert-OH is 1. The number of halogens is 2. The van der Waals surface area contributed by atoms with Gasteiger partial charge in [-0.2, -0.15) is 0 Å². The molecule has 0 bridgehead atoms. The maximum atomic E-state index is 12.7. The van der Waals surface area contributed by atoms with Gasteiger partial charge in [0.25, 0.3) is 0 Å². The molecule has 0 aliphatic carbocycles. The van der Waals surface area contributed by atoms with Gasteiger partial charge in [-0.15, -0.1) is 24.0 Å². The smallest absolute Gasteiger partial charge is 0.242 e. The number of hydrogen-bond donors (Lipinski definition) is 2. The standard InChI is InChI=1S/C22H27ClN4O2.HI/c1-2-24-22(25-13-18-5-3-4-6-19(18)16-28)27-12-11-26(21(29)15-27)14-17-7-9-20(23)10-8-17;/h3-10,28H,2,11-16H2,1H3,(H,24,25);1H. The average Bonchev–Trinajstić information content (AvgIpc) is 2.74. The van der Waals surface area contributed by atoms with E-state index in [9.17, 15) is 9.90 Å². The number of amides is 1. The molecule has 0 atom stereocenters. The molecule has 1 amide bonds. The SMILES string of the molecule is CCNC(=NCc1ccccc1CO)N1CCN(Cc2ccc(Cl)cc2)C(=O)C1.I. The van der Waals surface area contributed by atoms with Gasteiger partial charge in [-0.1, -0.05) is 48.0 Å². The molecule has 1 aliphatic rings. The van der Waals surface area contributed by atoms with Crippen LogP contribution in [0.2, 0.25) is 5.02 Å². The lowest BCUT2D eigenvalue weighted by Gasteiger charge is -2.36. The van der Waals surface area contributed by atoms with Crippen LogP contribution in [0.5, 0.6) is 0 Å². The van der Waals surface area contributed by atoms with Crippen LogP contribution in [-0.2, 0) is 24.5 Å². The Bertz CT molecular complexity index is 860. The highest BCUT2D eigenvalue weighted by molar-refractivity contribution is 14.0. The van der Waals surface area contributed by atoms with Crippen molar-refractivity contribution in [1.82, 2.24) is 15.1 Å². The zero-order chi connectivity index (χ0) is 20.6. The van der Waals surface area contributed by atoms with Crippen LogP contribution in [-0.4, -0.2) is 53.0 Å². The molecule has 1 aliphatic heterocycles. The quantitative estimate of drug-likeness (QED) is 0.334. The van der Waals surface area contributed by atoms with Crippen molar-refractivity contribution in [3.8, 4) is 0 Å². The minimum absolute atomic E-state index is 0. The van der Waals surface area contributed by atoms with Crippen molar-refractivity contribution in [2.24, 2.45) is 4.99 Å². The van der Waals surface area contributed by atoms with Gasteiger partial charge in [-0.25, -0.2) is 4.99 Å². The van der Waals surface area contributed by atoms with Crippen LogP contribution in [0.1, 0.15) is 23.6 Å². The number of nitrogens with zero attached hydrogens (tertiary/aromatic N) is 3. The number of guanidine groups is 1. The van der Waals surface area contributed by atoms with Crippen LogP contribution in [0.3, 0.4) is 0 Å². The Hall–Kier alpha value is -1.84. The lowest BCUT2D eigenvalue weighted by molar-refractivity contribution is -0.135. The molecule has 2 aromatic carbocycles. The summed E-state index contributed by atoms with van der Waals surface area (Å²) in [6.45, 7) is 5.41. The van der Waals surface area contributed by atoms with E-state index in [4.69, 9.17) is 16.6 Å². The maximum absolute atomic E-state index is 12.7. The molecular weight excluding hydrogens is 515 g/mol. The van der Waals surface area contributed by atoms with Crippen molar-refractivity contribution in [3.05, 3.63) is 70.2 Å². The van der Waals surface area contributed by atoms with E-state index in [1.54, 1.807) is 0 Å². The topological polar surface area (TPSA) is 68.2 Å². The van der Waals surface area contributed by atoms with Crippen molar-refractivity contribution in [3.63, 3.8) is 0 Å². The van der Waals surface area contributed by atoms with Crippen LogP contribution in [0, 0.1) is 0 Å². The third-order valence-electron chi connectivity index (χ3n) is 4.93. The summed E-state index contributed by atoms with van der Waals surface area (Å²) in [6, 6.07) is 15.3. The fraction of sp³-hybridized carbons (Fsp3) is 0.364. The number of rotatable bonds is 6. The monoisotopic (exact) mass is 542 g/mol. The Morgan fingerprint density at radius 3 is 2.47 bits per heavy atom.